The van der Waals surface area contributed by atoms with Crippen LogP contribution < -0.4 is 5.32 Å². The third kappa shape index (κ3) is 5.92. The molecule has 0 radical (unpaired) electrons. The summed E-state index contributed by atoms with van der Waals surface area (Å²) in [5.41, 5.74) is -0.430. The van der Waals surface area contributed by atoms with Crippen LogP contribution in [0.2, 0.25) is 5.02 Å². The minimum absolute atomic E-state index is 0.0295. The van der Waals surface area contributed by atoms with Gasteiger partial charge in [0.05, 0.1) is 34.6 Å². The Kier molecular flexibility index (Phi) is 7.49. The van der Waals surface area contributed by atoms with E-state index in [-0.39, 0.29) is 29.1 Å². The van der Waals surface area contributed by atoms with Crippen LogP contribution in [0.4, 0.5) is 24.5 Å². The van der Waals surface area contributed by atoms with Crippen molar-refractivity contribution in [1.29, 1.82) is 0 Å². The van der Waals surface area contributed by atoms with Crippen LogP contribution in [0.1, 0.15) is 24.8 Å². The lowest BCUT2D eigenvalue weighted by molar-refractivity contribution is -0.137. The first kappa shape index (κ1) is 24.6. The fourth-order valence-corrected chi connectivity index (χ4v) is 5.00. The number of aliphatic imine (C=N–C) groups is 1. The Hall–Kier alpha value is -2.56. The monoisotopic (exact) mass is 511 g/mol. The van der Waals surface area contributed by atoms with E-state index in [1.807, 2.05) is 18.2 Å². The highest BCUT2D eigenvalue weighted by molar-refractivity contribution is 8.15. The Bertz CT molecular complexity index is 1090. The van der Waals surface area contributed by atoms with Gasteiger partial charge < -0.3 is 10.1 Å². The summed E-state index contributed by atoms with van der Waals surface area (Å²) < 4.78 is 44.7. The molecule has 1 N–H and O–H groups in total. The average molecular weight is 512 g/mol. The van der Waals surface area contributed by atoms with Crippen molar-refractivity contribution in [3.8, 4) is 0 Å². The minimum atomic E-state index is -4.58. The van der Waals surface area contributed by atoms with E-state index in [1.165, 1.54) is 4.90 Å². The van der Waals surface area contributed by atoms with Crippen molar-refractivity contribution in [2.75, 3.05) is 18.5 Å². The van der Waals surface area contributed by atoms with E-state index in [1.54, 1.807) is 12.1 Å². The van der Waals surface area contributed by atoms with Gasteiger partial charge in [0.2, 0.25) is 11.8 Å². The Morgan fingerprint density at radius 3 is 2.68 bits per heavy atom. The third-order valence-electron chi connectivity index (χ3n) is 5.35. The van der Waals surface area contributed by atoms with Crippen LogP contribution in [0.25, 0.3) is 0 Å². The molecule has 0 aromatic heterocycles. The SMILES string of the molecule is O=C(C[C@H]1SC(=Nc2ccccc2)N(C[C@H]2CCCO2)C1=O)Nc1cc(C(F)(F)F)ccc1Cl. The maximum absolute atomic E-state index is 13.1. The van der Waals surface area contributed by atoms with Gasteiger partial charge in [-0.15, -0.1) is 0 Å². The molecule has 0 unspecified atom stereocenters. The van der Waals surface area contributed by atoms with Crippen molar-refractivity contribution in [2.24, 2.45) is 4.99 Å². The zero-order chi connectivity index (χ0) is 24.3. The van der Waals surface area contributed by atoms with Crippen molar-refractivity contribution in [3.05, 3.63) is 59.1 Å². The van der Waals surface area contributed by atoms with Gasteiger partial charge in [-0.05, 0) is 43.2 Å². The first-order chi connectivity index (χ1) is 16.2. The van der Waals surface area contributed by atoms with E-state index in [0.717, 1.165) is 42.8 Å². The number of nitrogens with zero attached hydrogens (tertiary/aromatic N) is 2. The van der Waals surface area contributed by atoms with Crippen molar-refractivity contribution in [3.63, 3.8) is 0 Å². The van der Waals surface area contributed by atoms with E-state index in [2.05, 4.69) is 10.3 Å². The normalized spacial score (nSPS) is 21.9. The van der Waals surface area contributed by atoms with Crippen molar-refractivity contribution in [2.45, 2.75) is 36.8 Å². The van der Waals surface area contributed by atoms with Crippen molar-refractivity contribution in [1.82, 2.24) is 4.90 Å². The van der Waals surface area contributed by atoms with E-state index in [4.69, 9.17) is 16.3 Å². The number of halogens is 4. The number of nitrogens with one attached hydrogen (secondary N) is 1. The van der Waals surface area contributed by atoms with Gasteiger partial charge in [0, 0.05) is 13.0 Å². The highest BCUT2D eigenvalue weighted by atomic mass is 35.5. The molecule has 4 rings (SSSR count). The summed E-state index contributed by atoms with van der Waals surface area (Å²) in [6.07, 6.45) is -3.19. The van der Waals surface area contributed by atoms with Crippen molar-refractivity contribution >= 4 is 51.7 Å². The van der Waals surface area contributed by atoms with Gasteiger partial charge in [0.15, 0.2) is 5.17 Å². The van der Waals surface area contributed by atoms with Crippen LogP contribution in [0, 0.1) is 0 Å². The molecule has 2 amide bonds. The highest BCUT2D eigenvalue weighted by Crippen LogP contribution is 2.35. The van der Waals surface area contributed by atoms with Gasteiger partial charge in [-0.1, -0.05) is 41.6 Å². The van der Waals surface area contributed by atoms with E-state index in [0.29, 0.717) is 24.0 Å². The molecule has 2 aromatic carbocycles. The minimum Gasteiger partial charge on any atom is -0.376 e. The van der Waals surface area contributed by atoms with Crippen LogP contribution in [-0.4, -0.2) is 46.4 Å². The summed E-state index contributed by atoms with van der Waals surface area (Å²) in [5.74, 6) is -0.912. The van der Waals surface area contributed by atoms with Gasteiger partial charge >= 0.3 is 6.18 Å². The van der Waals surface area contributed by atoms with E-state index < -0.39 is 22.9 Å². The molecule has 2 aliphatic rings. The second-order valence-electron chi connectivity index (χ2n) is 7.86. The Labute approximate surface area is 203 Å². The number of para-hydroxylation sites is 1. The number of amidine groups is 1. The van der Waals surface area contributed by atoms with E-state index in [9.17, 15) is 22.8 Å². The molecule has 0 bridgehead atoms. The smallest absolute Gasteiger partial charge is 0.376 e. The summed E-state index contributed by atoms with van der Waals surface area (Å²) in [7, 11) is 0. The maximum atomic E-state index is 13.1. The Morgan fingerprint density at radius 2 is 2.00 bits per heavy atom. The van der Waals surface area contributed by atoms with Crippen LogP contribution in [0.15, 0.2) is 53.5 Å². The van der Waals surface area contributed by atoms with Crippen molar-refractivity contribution < 1.29 is 27.5 Å². The topological polar surface area (TPSA) is 71.0 Å². The molecule has 2 heterocycles. The van der Waals surface area contributed by atoms with Crippen LogP contribution >= 0.6 is 23.4 Å². The van der Waals surface area contributed by atoms with Gasteiger partial charge in [0.25, 0.3) is 0 Å². The molecule has 0 saturated carbocycles. The maximum Gasteiger partial charge on any atom is 0.416 e. The molecule has 2 atom stereocenters. The largest absolute Gasteiger partial charge is 0.416 e. The number of amides is 2. The zero-order valence-electron chi connectivity index (χ0n) is 17.8. The predicted molar refractivity (Wildman–Crippen MR) is 125 cm³/mol. The summed E-state index contributed by atoms with van der Waals surface area (Å²) in [6.45, 7) is 0.962. The Balaban J connectivity index is 1.49. The number of anilines is 1. The molecular formula is C23H21ClF3N3O3S. The zero-order valence-corrected chi connectivity index (χ0v) is 19.4. The number of carbonyl (C=O) groups excluding carboxylic acids is 2. The second kappa shape index (κ2) is 10.4. The summed E-state index contributed by atoms with van der Waals surface area (Å²) in [5, 5.41) is 2.06. The van der Waals surface area contributed by atoms with Gasteiger partial charge in [-0.2, -0.15) is 13.2 Å². The molecule has 0 aliphatic carbocycles. The molecule has 6 nitrogen and oxygen atoms in total. The Morgan fingerprint density at radius 1 is 1.24 bits per heavy atom. The highest BCUT2D eigenvalue weighted by Gasteiger charge is 2.41. The summed E-state index contributed by atoms with van der Waals surface area (Å²) in [6, 6.07) is 11.8. The number of hydrogen-bond donors (Lipinski definition) is 1. The number of hydrogen-bond acceptors (Lipinski definition) is 5. The summed E-state index contributed by atoms with van der Waals surface area (Å²) in [4.78, 5) is 31.9. The molecular weight excluding hydrogens is 491 g/mol. The molecule has 34 heavy (non-hydrogen) atoms. The fraction of sp³-hybridized carbons (Fsp3) is 0.348. The first-order valence-electron chi connectivity index (χ1n) is 10.6. The number of alkyl halides is 3. The molecule has 0 spiro atoms. The van der Waals surface area contributed by atoms with Gasteiger partial charge in [-0.25, -0.2) is 4.99 Å². The fourth-order valence-electron chi connectivity index (χ4n) is 3.67. The lowest BCUT2D eigenvalue weighted by Gasteiger charge is -2.20. The lowest BCUT2D eigenvalue weighted by atomic mass is 10.1. The molecule has 11 heteroatoms. The van der Waals surface area contributed by atoms with Gasteiger partial charge in [-0.3, -0.25) is 14.5 Å². The van der Waals surface area contributed by atoms with Crippen LogP contribution in [0.3, 0.4) is 0 Å². The van der Waals surface area contributed by atoms with Crippen LogP contribution in [-0.2, 0) is 20.5 Å². The predicted octanol–water partition coefficient (Wildman–Crippen LogP) is 5.50. The number of ether oxygens (including phenoxy) is 1. The molecule has 2 aliphatic heterocycles. The standard InChI is InChI=1S/C23H21ClF3N3O3S/c24-17-9-8-14(23(25,26)27)11-18(17)29-20(31)12-19-21(32)30(13-16-7-4-10-33-16)22(34-19)28-15-5-2-1-3-6-15/h1-3,5-6,8-9,11,16,19H,4,7,10,12-13H2,(H,29,31)/t16-,19-/m1/s1. The first-order valence-corrected chi connectivity index (χ1v) is 11.9. The number of benzene rings is 2. The summed E-state index contributed by atoms with van der Waals surface area (Å²) >= 11 is 7.12. The molecule has 2 saturated heterocycles. The molecule has 180 valence electrons. The molecule has 2 fully saturated rings. The van der Waals surface area contributed by atoms with E-state index >= 15 is 0 Å². The third-order valence-corrected chi connectivity index (χ3v) is 6.85. The van der Waals surface area contributed by atoms with Crippen LogP contribution in [0.5, 0.6) is 0 Å². The lowest BCUT2D eigenvalue weighted by Crippen LogP contribution is -2.38. The second-order valence-corrected chi connectivity index (χ2v) is 9.44. The number of thioether (sulfide) groups is 1. The number of carbonyl (C=O) groups is 2. The number of rotatable bonds is 6. The molecule has 2 aromatic rings. The van der Waals surface area contributed by atoms with Gasteiger partial charge in [0.1, 0.15) is 5.25 Å². The average Bonchev–Trinajstić information content (AvgIpc) is 3.40. The quantitative estimate of drug-likeness (QED) is 0.556.